The van der Waals surface area contributed by atoms with E-state index in [1.165, 1.54) is 77.2 Å². The highest BCUT2D eigenvalue weighted by molar-refractivity contribution is 7.85. The maximum absolute atomic E-state index is 12.5. The summed E-state index contributed by atoms with van der Waals surface area (Å²) in [4.78, 5) is 21.9. The van der Waals surface area contributed by atoms with Crippen LogP contribution >= 0.6 is 0 Å². The van der Waals surface area contributed by atoms with E-state index < -0.39 is 10.1 Å². The Labute approximate surface area is 244 Å². The summed E-state index contributed by atoms with van der Waals surface area (Å²) < 4.78 is 26.5. The molecule has 1 N–H and O–H groups in total. The number of piperazine rings is 1. The number of anilines is 1. The van der Waals surface area contributed by atoms with Crippen molar-refractivity contribution < 1.29 is 17.4 Å². The Kier molecular flexibility index (Phi) is 18.2. The molecule has 1 saturated heterocycles. The lowest BCUT2D eigenvalue weighted by molar-refractivity contribution is 0.0952. The van der Waals surface area contributed by atoms with Crippen molar-refractivity contribution in [2.45, 2.75) is 110 Å². The molecule has 1 aliphatic heterocycles. The van der Waals surface area contributed by atoms with Gasteiger partial charge in [-0.2, -0.15) is 8.42 Å². The summed E-state index contributed by atoms with van der Waals surface area (Å²) in [6, 6.07) is 3.89. The molecule has 1 aromatic rings. The van der Waals surface area contributed by atoms with Crippen molar-refractivity contribution in [3.8, 4) is 0 Å². The minimum absolute atomic E-state index is 0.0237. The molecule has 0 aromatic carbocycles. The second-order valence-corrected chi connectivity index (χ2v) is 13.0. The van der Waals surface area contributed by atoms with Gasteiger partial charge in [0.2, 0.25) is 0 Å². The van der Waals surface area contributed by atoms with E-state index in [9.17, 15) is 13.2 Å². The van der Waals surface area contributed by atoms with Crippen molar-refractivity contribution in [3.05, 3.63) is 23.9 Å². The van der Waals surface area contributed by atoms with Crippen LogP contribution in [-0.4, -0.2) is 76.3 Å². The number of pyridine rings is 1. The van der Waals surface area contributed by atoms with Crippen LogP contribution in [-0.2, 0) is 14.3 Å². The molecule has 0 saturated carbocycles. The predicted octanol–water partition coefficient (Wildman–Crippen LogP) is 6.17. The average molecular weight is 581 g/mol. The van der Waals surface area contributed by atoms with Gasteiger partial charge in [-0.05, 0) is 37.9 Å². The van der Waals surface area contributed by atoms with Crippen LogP contribution in [0.4, 0.5) is 5.82 Å². The molecule has 2 rings (SSSR count). The first kappa shape index (κ1) is 34.5. The molecule has 1 amide bonds. The zero-order valence-electron chi connectivity index (χ0n) is 25.4. The average Bonchev–Trinajstić information content (AvgIpc) is 2.95. The van der Waals surface area contributed by atoms with Gasteiger partial charge in [-0.25, -0.2) is 4.98 Å². The molecule has 0 bridgehead atoms. The summed E-state index contributed by atoms with van der Waals surface area (Å²) >= 11 is 0. The SMILES string of the molecule is CCCCN1CCN(c2ccc(C(=O)NCCCCCCCCCCCCCCCCOS(C)(=O)=O)cn2)CC1. The Hall–Kier alpha value is -1.71. The molecule has 0 aliphatic carbocycles. The van der Waals surface area contributed by atoms with Crippen LogP contribution < -0.4 is 10.2 Å². The fourth-order valence-electron chi connectivity index (χ4n) is 5.15. The summed E-state index contributed by atoms with van der Waals surface area (Å²) in [5.74, 6) is 0.947. The number of aromatic nitrogens is 1. The van der Waals surface area contributed by atoms with Gasteiger partial charge in [-0.3, -0.25) is 13.9 Å². The molecule has 0 atom stereocenters. The first-order chi connectivity index (χ1) is 19.4. The van der Waals surface area contributed by atoms with Gasteiger partial charge in [0, 0.05) is 38.9 Å². The Morgan fingerprint density at radius 1 is 0.825 bits per heavy atom. The fourth-order valence-corrected chi connectivity index (χ4v) is 5.57. The predicted molar refractivity (Wildman–Crippen MR) is 166 cm³/mol. The van der Waals surface area contributed by atoms with Crippen molar-refractivity contribution in [2.75, 3.05) is 57.0 Å². The molecule has 40 heavy (non-hydrogen) atoms. The lowest BCUT2D eigenvalue weighted by Crippen LogP contribution is -2.46. The van der Waals surface area contributed by atoms with Crippen LogP contribution in [0.25, 0.3) is 0 Å². The number of rotatable bonds is 23. The summed E-state index contributed by atoms with van der Waals surface area (Å²) in [7, 11) is -3.28. The topological polar surface area (TPSA) is 91.8 Å². The van der Waals surface area contributed by atoms with Gasteiger partial charge in [0.15, 0.2) is 0 Å². The van der Waals surface area contributed by atoms with Crippen molar-refractivity contribution in [1.29, 1.82) is 0 Å². The lowest BCUT2D eigenvalue weighted by atomic mass is 10.0. The Bertz CT molecular complexity index is 887. The van der Waals surface area contributed by atoms with Gasteiger partial charge in [0.05, 0.1) is 18.4 Å². The number of hydrogen-bond acceptors (Lipinski definition) is 7. The van der Waals surface area contributed by atoms with Gasteiger partial charge in [0.1, 0.15) is 5.82 Å². The van der Waals surface area contributed by atoms with Crippen LogP contribution in [0.5, 0.6) is 0 Å². The molecular weight excluding hydrogens is 524 g/mol. The molecule has 2 heterocycles. The molecule has 0 radical (unpaired) electrons. The highest BCUT2D eigenvalue weighted by Gasteiger charge is 2.18. The largest absolute Gasteiger partial charge is 0.354 e. The Morgan fingerprint density at radius 3 is 1.88 bits per heavy atom. The third-order valence-corrected chi connectivity index (χ3v) is 8.28. The van der Waals surface area contributed by atoms with E-state index in [0.717, 1.165) is 76.9 Å². The Morgan fingerprint density at radius 2 is 1.38 bits per heavy atom. The quantitative estimate of drug-likeness (QED) is 0.122. The van der Waals surface area contributed by atoms with Crippen LogP contribution in [0.3, 0.4) is 0 Å². The number of hydrogen-bond donors (Lipinski definition) is 1. The third-order valence-electron chi connectivity index (χ3n) is 7.69. The third kappa shape index (κ3) is 16.5. The van der Waals surface area contributed by atoms with Gasteiger partial charge in [-0.1, -0.05) is 90.4 Å². The number of amides is 1. The van der Waals surface area contributed by atoms with Gasteiger partial charge >= 0.3 is 0 Å². The van der Waals surface area contributed by atoms with Crippen molar-refractivity contribution in [3.63, 3.8) is 0 Å². The van der Waals surface area contributed by atoms with Crippen molar-refractivity contribution >= 4 is 21.8 Å². The van der Waals surface area contributed by atoms with Crippen LogP contribution in [0.1, 0.15) is 120 Å². The monoisotopic (exact) mass is 580 g/mol. The maximum Gasteiger partial charge on any atom is 0.264 e. The minimum atomic E-state index is -3.28. The molecule has 0 unspecified atom stereocenters. The van der Waals surface area contributed by atoms with E-state index >= 15 is 0 Å². The summed E-state index contributed by atoms with van der Waals surface area (Å²) in [5, 5.41) is 3.05. The molecule has 8 nitrogen and oxygen atoms in total. The van der Waals surface area contributed by atoms with Crippen molar-refractivity contribution in [2.24, 2.45) is 0 Å². The first-order valence-electron chi connectivity index (χ1n) is 15.9. The van der Waals surface area contributed by atoms with E-state index in [2.05, 4.69) is 27.0 Å². The molecule has 1 aromatic heterocycles. The zero-order valence-corrected chi connectivity index (χ0v) is 26.2. The number of nitrogens with zero attached hydrogens (tertiary/aromatic N) is 3. The lowest BCUT2D eigenvalue weighted by Gasteiger charge is -2.35. The molecule has 1 fully saturated rings. The van der Waals surface area contributed by atoms with Gasteiger partial charge in [-0.15, -0.1) is 0 Å². The second kappa shape index (κ2) is 21.1. The highest BCUT2D eigenvalue weighted by atomic mass is 32.2. The van der Waals surface area contributed by atoms with Gasteiger partial charge < -0.3 is 10.2 Å². The normalized spacial score (nSPS) is 14.5. The molecule has 1 aliphatic rings. The summed E-state index contributed by atoms with van der Waals surface area (Å²) in [6.45, 7) is 8.64. The number of nitrogens with one attached hydrogen (secondary N) is 1. The number of carbonyl (C=O) groups excluding carboxylic acids is 1. The van der Waals surface area contributed by atoms with Crippen molar-refractivity contribution in [1.82, 2.24) is 15.2 Å². The molecular formula is C31H56N4O4S. The Balaban J connectivity index is 1.37. The maximum atomic E-state index is 12.5. The number of unbranched alkanes of at least 4 members (excludes halogenated alkanes) is 14. The first-order valence-corrected chi connectivity index (χ1v) is 17.8. The van der Waals surface area contributed by atoms with E-state index in [1.807, 2.05) is 12.1 Å². The van der Waals surface area contributed by atoms with E-state index in [0.29, 0.717) is 12.2 Å². The molecule has 230 valence electrons. The summed E-state index contributed by atoms with van der Waals surface area (Å²) in [6.07, 6.45) is 22.1. The standard InChI is InChI=1S/C31H56N4O4S/c1-3-4-22-34-23-25-35(26-24-34)30-20-19-29(28-33-30)31(36)32-21-17-15-13-11-9-7-5-6-8-10-12-14-16-18-27-39-40(2,37)38/h19-20,28H,3-18,21-27H2,1-2H3,(H,32,36). The van der Waals surface area contributed by atoms with Crippen LogP contribution in [0, 0.1) is 0 Å². The minimum Gasteiger partial charge on any atom is -0.354 e. The highest BCUT2D eigenvalue weighted by Crippen LogP contribution is 2.15. The van der Waals surface area contributed by atoms with Crippen LogP contribution in [0.15, 0.2) is 18.3 Å². The smallest absolute Gasteiger partial charge is 0.264 e. The summed E-state index contributed by atoms with van der Waals surface area (Å²) in [5.41, 5.74) is 0.643. The second-order valence-electron chi connectivity index (χ2n) is 11.3. The fraction of sp³-hybridized carbons (Fsp3) is 0.806. The number of carbonyl (C=O) groups is 1. The molecule has 9 heteroatoms. The molecule has 0 spiro atoms. The van der Waals surface area contributed by atoms with E-state index in [-0.39, 0.29) is 5.91 Å². The van der Waals surface area contributed by atoms with Gasteiger partial charge in [0.25, 0.3) is 16.0 Å². The van der Waals surface area contributed by atoms with E-state index in [4.69, 9.17) is 4.18 Å². The van der Waals surface area contributed by atoms with E-state index in [1.54, 1.807) is 6.20 Å². The zero-order chi connectivity index (χ0) is 28.9. The van der Waals surface area contributed by atoms with Crippen LogP contribution in [0.2, 0.25) is 0 Å².